The summed E-state index contributed by atoms with van der Waals surface area (Å²) in [6, 6.07) is 5.64. The van der Waals surface area contributed by atoms with Crippen molar-refractivity contribution in [2.75, 3.05) is 58.9 Å². The Kier molecular flexibility index (Phi) is 8.43. The van der Waals surface area contributed by atoms with Crippen LogP contribution in [0.15, 0.2) is 23.1 Å². The smallest absolute Gasteiger partial charge is 0.243 e. The highest BCUT2D eigenvalue weighted by molar-refractivity contribution is 7.89. The summed E-state index contributed by atoms with van der Waals surface area (Å²) in [5, 5.41) is 3.09. The lowest BCUT2D eigenvalue weighted by Crippen LogP contribution is -2.47. The number of carbonyl (C=O) groups excluding carboxylic acids is 1. The normalized spacial score (nSPS) is 21.6. The Bertz CT molecular complexity index is 904. The average Bonchev–Trinajstić information content (AvgIpc) is 2.86. The van der Waals surface area contributed by atoms with Crippen LogP contribution in [-0.4, -0.2) is 87.3 Å². The van der Waals surface area contributed by atoms with Crippen LogP contribution in [0.4, 0.5) is 0 Å². The molecular formula is C25H40N4O3S. The number of rotatable bonds is 8. The zero-order valence-electron chi connectivity index (χ0n) is 20.1. The number of benzene rings is 1. The van der Waals surface area contributed by atoms with E-state index in [1.54, 1.807) is 10.4 Å². The molecule has 7 nitrogen and oxygen atoms in total. The first-order chi connectivity index (χ1) is 16.0. The summed E-state index contributed by atoms with van der Waals surface area (Å²) in [5.41, 5.74) is 2.47. The zero-order valence-corrected chi connectivity index (χ0v) is 20.9. The predicted octanol–water partition coefficient (Wildman–Crippen LogP) is 2.11. The molecule has 2 fully saturated rings. The van der Waals surface area contributed by atoms with Crippen LogP contribution in [0.5, 0.6) is 0 Å². The largest absolute Gasteiger partial charge is 0.356 e. The molecule has 0 saturated carbocycles. The second-order valence-corrected chi connectivity index (χ2v) is 11.7. The minimum absolute atomic E-state index is 0.0802. The summed E-state index contributed by atoms with van der Waals surface area (Å²) in [4.78, 5) is 18.0. The van der Waals surface area contributed by atoms with Gasteiger partial charge < -0.3 is 15.1 Å². The number of nitrogens with zero attached hydrogens (tertiary/aromatic N) is 3. The number of sulfonamides is 1. The monoisotopic (exact) mass is 476 g/mol. The minimum Gasteiger partial charge on any atom is -0.356 e. The van der Waals surface area contributed by atoms with E-state index in [-0.39, 0.29) is 11.8 Å². The van der Waals surface area contributed by atoms with Crippen molar-refractivity contribution < 1.29 is 13.2 Å². The number of piperazine rings is 1. The average molecular weight is 477 g/mol. The van der Waals surface area contributed by atoms with Gasteiger partial charge in [-0.05, 0) is 81.3 Å². The number of nitrogens with one attached hydrogen (secondary N) is 1. The number of likely N-dealkylation sites (N-methyl/N-ethyl adjacent to an activating group) is 1. The van der Waals surface area contributed by atoms with Crippen molar-refractivity contribution in [1.82, 2.24) is 19.4 Å². The van der Waals surface area contributed by atoms with Gasteiger partial charge in [0.1, 0.15) is 0 Å². The van der Waals surface area contributed by atoms with Gasteiger partial charge in [-0.3, -0.25) is 4.79 Å². The number of hydrogen-bond donors (Lipinski definition) is 1. The van der Waals surface area contributed by atoms with Crippen LogP contribution >= 0.6 is 0 Å². The zero-order chi connectivity index (χ0) is 23.3. The first-order valence-electron chi connectivity index (χ1n) is 12.8. The van der Waals surface area contributed by atoms with Crippen LogP contribution in [0.25, 0.3) is 0 Å². The third-order valence-corrected chi connectivity index (χ3v) is 9.54. The molecule has 1 amide bonds. The highest BCUT2D eigenvalue weighted by Gasteiger charge is 2.32. The van der Waals surface area contributed by atoms with Crippen LogP contribution in [0, 0.1) is 5.92 Å². The molecule has 3 aliphatic rings. The van der Waals surface area contributed by atoms with Crippen molar-refractivity contribution in [3.63, 3.8) is 0 Å². The molecule has 2 heterocycles. The Morgan fingerprint density at radius 1 is 0.970 bits per heavy atom. The van der Waals surface area contributed by atoms with Gasteiger partial charge in [-0.2, -0.15) is 4.31 Å². The van der Waals surface area contributed by atoms with Crippen molar-refractivity contribution in [3.05, 3.63) is 29.3 Å². The van der Waals surface area contributed by atoms with Gasteiger partial charge in [0.05, 0.1) is 4.90 Å². The maximum Gasteiger partial charge on any atom is 0.243 e. The summed E-state index contributed by atoms with van der Waals surface area (Å²) in [7, 11) is -3.49. The van der Waals surface area contributed by atoms with E-state index < -0.39 is 10.0 Å². The van der Waals surface area contributed by atoms with Gasteiger partial charge in [0.25, 0.3) is 0 Å². The molecule has 1 aromatic rings. The summed E-state index contributed by atoms with van der Waals surface area (Å²) < 4.78 is 27.9. The maximum atomic E-state index is 13.2. The lowest BCUT2D eigenvalue weighted by molar-refractivity contribution is -0.126. The quantitative estimate of drug-likeness (QED) is 0.582. The summed E-state index contributed by atoms with van der Waals surface area (Å²) >= 11 is 0. The first-order valence-corrected chi connectivity index (χ1v) is 14.3. The fraction of sp³-hybridized carbons (Fsp3) is 0.720. The highest BCUT2D eigenvalue weighted by atomic mass is 32.2. The molecule has 2 aliphatic heterocycles. The van der Waals surface area contributed by atoms with E-state index in [0.29, 0.717) is 37.4 Å². The van der Waals surface area contributed by atoms with Gasteiger partial charge >= 0.3 is 0 Å². The topological polar surface area (TPSA) is 73.0 Å². The maximum absolute atomic E-state index is 13.2. The summed E-state index contributed by atoms with van der Waals surface area (Å²) in [6.45, 7) is 10.4. The lowest BCUT2D eigenvalue weighted by Gasteiger charge is -2.34. The number of aryl methyl sites for hydroxylation is 2. The number of amides is 1. The Morgan fingerprint density at radius 3 is 2.33 bits per heavy atom. The number of piperidine rings is 1. The third-order valence-electron chi connectivity index (χ3n) is 7.64. The van der Waals surface area contributed by atoms with Crippen molar-refractivity contribution in [2.45, 2.75) is 56.8 Å². The minimum atomic E-state index is -3.49. The van der Waals surface area contributed by atoms with E-state index in [1.165, 1.54) is 17.5 Å². The molecule has 4 rings (SSSR count). The first kappa shape index (κ1) is 24.6. The molecule has 2 saturated heterocycles. The summed E-state index contributed by atoms with van der Waals surface area (Å²) in [6.07, 6.45) is 6.48. The van der Waals surface area contributed by atoms with E-state index in [1.807, 2.05) is 12.1 Å². The van der Waals surface area contributed by atoms with E-state index >= 15 is 0 Å². The Labute approximate surface area is 199 Å². The van der Waals surface area contributed by atoms with Crippen LogP contribution in [-0.2, 0) is 27.7 Å². The SMILES string of the molecule is CCN1CCN(CCCNC(=O)C2CCN(S(=O)(=O)c3ccc4c(c3)CCCC4)CC2)CC1. The lowest BCUT2D eigenvalue weighted by atomic mass is 9.92. The Hall–Kier alpha value is -1.48. The standard InChI is InChI=1S/C25H40N4O3S/c1-2-27-16-18-28(19-17-27)13-5-12-26-25(30)22-10-14-29(15-11-22)33(31,32)24-9-8-21-6-3-4-7-23(21)20-24/h8-9,20,22H,2-7,10-19H2,1H3,(H,26,30). The van der Waals surface area contributed by atoms with Gasteiger partial charge in [-0.25, -0.2) is 8.42 Å². The van der Waals surface area contributed by atoms with E-state index in [0.717, 1.165) is 65.0 Å². The van der Waals surface area contributed by atoms with Crippen molar-refractivity contribution in [1.29, 1.82) is 0 Å². The molecule has 1 N–H and O–H groups in total. The Balaban J connectivity index is 1.19. The second kappa shape index (κ2) is 11.3. The molecule has 8 heteroatoms. The Morgan fingerprint density at radius 2 is 1.64 bits per heavy atom. The van der Waals surface area contributed by atoms with Gasteiger partial charge in [0.15, 0.2) is 0 Å². The third kappa shape index (κ3) is 6.15. The fourth-order valence-electron chi connectivity index (χ4n) is 5.37. The number of hydrogen-bond acceptors (Lipinski definition) is 5. The molecule has 184 valence electrons. The molecule has 0 aromatic heterocycles. The molecule has 0 unspecified atom stereocenters. The van der Waals surface area contributed by atoms with E-state index in [4.69, 9.17) is 0 Å². The van der Waals surface area contributed by atoms with Gasteiger partial charge in [0, 0.05) is 51.7 Å². The second-order valence-electron chi connectivity index (χ2n) is 9.74. The van der Waals surface area contributed by atoms with Crippen molar-refractivity contribution in [3.8, 4) is 0 Å². The molecule has 0 radical (unpaired) electrons. The van der Waals surface area contributed by atoms with Gasteiger partial charge in [-0.1, -0.05) is 13.0 Å². The number of fused-ring (bicyclic) bond motifs is 1. The van der Waals surface area contributed by atoms with E-state index in [9.17, 15) is 13.2 Å². The molecule has 0 spiro atoms. The fourth-order valence-corrected chi connectivity index (χ4v) is 6.89. The van der Waals surface area contributed by atoms with Crippen LogP contribution in [0.1, 0.15) is 50.2 Å². The molecule has 0 atom stereocenters. The van der Waals surface area contributed by atoms with Crippen molar-refractivity contribution >= 4 is 15.9 Å². The molecule has 1 aliphatic carbocycles. The van der Waals surface area contributed by atoms with E-state index in [2.05, 4.69) is 22.0 Å². The summed E-state index contributed by atoms with van der Waals surface area (Å²) in [5.74, 6) is -0.00952. The van der Waals surface area contributed by atoms with Crippen molar-refractivity contribution in [2.24, 2.45) is 5.92 Å². The highest BCUT2D eigenvalue weighted by Crippen LogP contribution is 2.28. The molecule has 1 aromatic carbocycles. The van der Waals surface area contributed by atoms with Gasteiger partial charge in [0.2, 0.25) is 15.9 Å². The predicted molar refractivity (Wildman–Crippen MR) is 131 cm³/mol. The van der Waals surface area contributed by atoms with Crippen LogP contribution in [0.3, 0.4) is 0 Å². The number of carbonyl (C=O) groups is 1. The van der Waals surface area contributed by atoms with Crippen LogP contribution in [0.2, 0.25) is 0 Å². The molecule has 0 bridgehead atoms. The molecular weight excluding hydrogens is 436 g/mol. The van der Waals surface area contributed by atoms with Crippen LogP contribution < -0.4 is 5.32 Å². The van der Waals surface area contributed by atoms with Gasteiger partial charge in [-0.15, -0.1) is 0 Å². The molecule has 33 heavy (non-hydrogen) atoms.